The highest BCUT2D eigenvalue weighted by atomic mass is 35.5. The van der Waals surface area contributed by atoms with E-state index in [2.05, 4.69) is 0 Å². The summed E-state index contributed by atoms with van der Waals surface area (Å²) in [6.45, 7) is 3.40. The molecule has 0 aliphatic heterocycles. The lowest BCUT2D eigenvalue weighted by Gasteiger charge is -2.21. The average molecular weight is 209 g/mol. The van der Waals surface area contributed by atoms with Crippen LogP contribution < -0.4 is 0 Å². The van der Waals surface area contributed by atoms with E-state index in [1.807, 2.05) is 0 Å². The first kappa shape index (κ1) is 10.2. The van der Waals surface area contributed by atoms with Crippen molar-refractivity contribution in [2.24, 2.45) is 5.92 Å². The van der Waals surface area contributed by atoms with Gasteiger partial charge in [-0.25, -0.2) is 0 Å². The van der Waals surface area contributed by atoms with Crippen LogP contribution in [0.1, 0.15) is 13.8 Å². The minimum absolute atomic E-state index is 0.204. The lowest BCUT2D eigenvalue weighted by atomic mass is 10.1. The van der Waals surface area contributed by atoms with Gasteiger partial charge in [0.15, 0.2) is 4.84 Å². The standard InChI is InChI=1S/C5H7Cl4/c1-3(4(6)7)5(2,8)9/h3H,1-2H3. The predicted molar refractivity (Wildman–Crippen MR) is 44.2 cm³/mol. The number of alkyl halides is 2. The Hall–Kier alpha value is 1.16. The van der Waals surface area contributed by atoms with Gasteiger partial charge in [-0.05, 0) is 6.92 Å². The monoisotopic (exact) mass is 207 g/mol. The molecule has 1 radical (unpaired) electrons. The molecular weight excluding hydrogens is 202 g/mol. The van der Waals surface area contributed by atoms with Gasteiger partial charge in [0, 0.05) is 5.92 Å². The smallest absolute Gasteiger partial charge is 0.102 e. The summed E-state index contributed by atoms with van der Waals surface area (Å²) in [6, 6.07) is 0. The van der Waals surface area contributed by atoms with Crippen LogP contribution >= 0.6 is 46.4 Å². The summed E-state index contributed by atoms with van der Waals surface area (Å²) >= 11 is 22.2. The Balaban J connectivity index is 3.88. The van der Waals surface area contributed by atoms with Crippen molar-refractivity contribution in [1.82, 2.24) is 0 Å². The number of rotatable bonds is 2. The molecule has 0 N–H and O–H groups in total. The maximum atomic E-state index is 5.65. The number of hydrogen-bond acceptors (Lipinski definition) is 0. The topological polar surface area (TPSA) is 0 Å². The largest absolute Gasteiger partial charge is 0.156 e. The van der Waals surface area contributed by atoms with Crippen LogP contribution in [0.2, 0.25) is 0 Å². The van der Waals surface area contributed by atoms with Gasteiger partial charge < -0.3 is 0 Å². The van der Waals surface area contributed by atoms with Crippen LogP contribution in [0.15, 0.2) is 0 Å². The molecule has 1 atom stereocenters. The molecule has 4 heteroatoms. The van der Waals surface area contributed by atoms with Crippen LogP contribution in [0.5, 0.6) is 0 Å². The van der Waals surface area contributed by atoms with Crippen LogP contribution in [-0.2, 0) is 0 Å². The molecule has 0 spiro atoms. The summed E-state index contributed by atoms with van der Waals surface area (Å²) in [7, 11) is 0. The van der Waals surface area contributed by atoms with Crippen LogP contribution in [0.4, 0.5) is 0 Å². The van der Waals surface area contributed by atoms with Gasteiger partial charge in [0.25, 0.3) is 0 Å². The van der Waals surface area contributed by atoms with Crippen molar-refractivity contribution in [3.8, 4) is 0 Å². The third-order valence-corrected chi connectivity index (χ3v) is 2.40. The molecule has 55 valence electrons. The molecule has 0 bridgehead atoms. The van der Waals surface area contributed by atoms with E-state index >= 15 is 0 Å². The highest BCUT2D eigenvalue weighted by Gasteiger charge is 2.30. The van der Waals surface area contributed by atoms with Gasteiger partial charge in [-0.1, -0.05) is 30.1 Å². The Morgan fingerprint density at radius 1 is 1.33 bits per heavy atom. The fourth-order valence-corrected chi connectivity index (χ4v) is 1.07. The van der Waals surface area contributed by atoms with E-state index in [4.69, 9.17) is 46.4 Å². The zero-order chi connectivity index (χ0) is 7.65. The Labute approximate surface area is 75.4 Å². The van der Waals surface area contributed by atoms with E-state index in [0.717, 1.165) is 0 Å². The maximum absolute atomic E-state index is 5.65. The van der Waals surface area contributed by atoms with Crippen molar-refractivity contribution in [2.75, 3.05) is 0 Å². The van der Waals surface area contributed by atoms with E-state index in [-0.39, 0.29) is 10.8 Å². The summed E-state index contributed by atoms with van der Waals surface area (Å²) in [5.41, 5.74) is 0. The normalized spacial score (nSPS) is 16.3. The second-order valence-corrected chi connectivity index (χ2v) is 4.74. The van der Waals surface area contributed by atoms with Gasteiger partial charge in [0.05, 0.1) is 0 Å². The van der Waals surface area contributed by atoms with E-state index in [9.17, 15) is 0 Å². The van der Waals surface area contributed by atoms with Crippen molar-refractivity contribution in [3.05, 3.63) is 4.84 Å². The minimum Gasteiger partial charge on any atom is -0.102 e. The maximum Gasteiger partial charge on any atom is 0.156 e. The third-order valence-electron chi connectivity index (χ3n) is 1.09. The predicted octanol–water partition coefficient (Wildman–Crippen LogP) is 3.78. The van der Waals surface area contributed by atoms with Crippen molar-refractivity contribution >= 4 is 46.4 Å². The summed E-state index contributed by atoms with van der Waals surface area (Å²) < 4.78 is -0.876. The lowest BCUT2D eigenvalue weighted by Crippen LogP contribution is -2.20. The first-order valence-corrected chi connectivity index (χ1v) is 3.92. The summed E-state index contributed by atoms with van der Waals surface area (Å²) in [5, 5.41) is 0. The van der Waals surface area contributed by atoms with E-state index < -0.39 is 4.33 Å². The Morgan fingerprint density at radius 3 is 1.67 bits per heavy atom. The molecule has 0 heterocycles. The van der Waals surface area contributed by atoms with Crippen LogP contribution in [-0.4, -0.2) is 4.33 Å². The zero-order valence-electron chi connectivity index (χ0n) is 5.09. The van der Waals surface area contributed by atoms with Crippen LogP contribution in [0.25, 0.3) is 0 Å². The van der Waals surface area contributed by atoms with Gasteiger partial charge in [-0.2, -0.15) is 0 Å². The molecule has 1 unspecified atom stereocenters. The highest BCUT2D eigenvalue weighted by Crippen LogP contribution is 2.39. The first-order chi connectivity index (χ1) is 3.85. The molecule has 0 aliphatic carbocycles. The van der Waals surface area contributed by atoms with Crippen molar-refractivity contribution in [1.29, 1.82) is 0 Å². The Kier molecular flexibility index (Phi) is 3.98. The SMILES string of the molecule is CC([C](Cl)Cl)C(C)(Cl)Cl. The summed E-state index contributed by atoms with van der Waals surface area (Å²) in [5.74, 6) is -0.204. The van der Waals surface area contributed by atoms with Gasteiger partial charge in [-0.15, -0.1) is 23.2 Å². The van der Waals surface area contributed by atoms with Gasteiger partial charge in [0.2, 0.25) is 0 Å². The van der Waals surface area contributed by atoms with E-state index in [1.54, 1.807) is 13.8 Å². The van der Waals surface area contributed by atoms with Gasteiger partial charge >= 0.3 is 0 Å². The number of hydrogen-bond donors (Lipinski definition) is 0. The molecule has 0 aromatic heterocycles. The molecule has 0 saturated heterocycles. The molecule has 0 aromatic rings. The molecule has 0 saturated carbocycles. The van der Waals surface area contributed by atoms with Crippen molar-refractivity contribution in [2.45, 2.75) is 18.2 Å². The van der Waals surface area contributed by atoms with Gasteiger partial charge in [-0.3, -0.25) is 0 Å². The minimum atomic E-state index is -0.876. The summed E-state index contributed by atoms with van der Waals surface area (Å²) in [4.78, 5) is 0.211. The molecule has 0 rings (SSSR count). The van der Waals surface area contributed by atoms with E-state index in [0.29, 0.717) is 0 Å². The molecule has 0 fully saturated rings. The molecule has 0 aliphatic rings. The van der Waals surface area contributed by atoms with Crippen molar-refractivity contribution in [3.63, 3.8) is 0 Å². The van der Waals surface area contributed by atoms with Crippen LogP contribution in [0, 0.1) is 10.8 Å². The Morgan fingerprint density at radius 2 is 1.67 bits per heavy atom. The van der Waals surface area contributed by atoms with Gasteiger partial charge in [0.1, 0.15) is 4.33 Å². The molecular formula is C5H7Cl4. The van der Waals surface area contributed by atoms with Crippen molar-refractivity contribution < 1.29 is 0 Å². The third kappa shape index (κ3) is 3.77. The molecule has 0 aromatic carbocycles. The molecule has 0 amide bonds. The fourth-order valence-electron chi connectivity index (χ4n) is 0.192. The first-order valence-electron chi connectivity index (χ1n) is 2.41. The molecule has 9 heavy (non-hydrogen) atoms. The highest BCUT2D eigenvalue weighted by molar-refractivity contribution is 6.55. The quantitative estimate of drug-likeness (QED) is 0.607. The zero-order valence-corrected chi connectivity index (χ0v) is 8.11. The lowest BCUT2D eigenvalue weighted by molar-refractivity contribution is 0.621. The molecule has 0 nitrogen and oxygen atoms in total. The second kappa shape index (κ2) is 3.52. The average Bonchev–Trinajstić information content (AvgIpc) is 1.62. The Bertz CT molecular complexity index is 83.4. The van der Waals surface area contributed by atoms with E-state index in [1.165, 1.54) is 0 Å². The van der Waals surface area contributed by atoms with Crippen LogP contribution in [0.3, 0.4) is 0 Å². The fraction of sp³-hybridized carbons (Fsp3) is 0.800. The second-order valence-electron chi connectivity index (χ2n) is 1.97. The summed E-state index contributed by atoms with van der Waals surface area (Å²) in [6.07, 6.45) is 0. The number of halogens is 4.